The van der Waals surface area contributed by atoms with Crippen LogP contribution in [0.5, 0.6) is 0 Å². The molecule has 3 rings (SSSR count). The maximum atomic E-state index is 5.89. The zero-order valence-electron chi connectivity index (χ0n) is 13.5. The minimum Gasteiger partial charge on any atom is -0.376 e. The highest BCUT2D eigenvalue weighted by molar-refractivity contribution is 14.0. The fraction of sp³-hybridized carbons (Fsp3) is 0.800. The Hall–Kier alpha value is -0.900. The Labute approximate surface area is 154 Å². The van der Waals surface area contributed by atoms with Crippen LogP contribution in [0.1, 0.15) is 43.8 Å². The Morgan fingerprint density at radius 2 is 2.22 bits per heavy atom. The topological polar surface area (TPSA) is 90.3 Å². The number of guanidine groups is 1. The summed E-state index contributed by atoms with van der Waals surface area (Å²) in [6, 6.07) is 0. The maximum absolute atomic E-state index is 5.89. The van der Waals surface area contributed by atoms with E-state index >= 15 is 0 Å². The van der Waals surface area contributed by atoms with E-state index in [1.807, 2.05) is 0 Å². The molecule has 7 nitrogen and oxygen atoms in total. The van der Waals surface area contributed by atoms with Crippen LogP contribution in [-0.2, 0) is 24.1 Å². The zero-order valence-corrected chi connectivity index (χ0v) is 15.9. The lowest BCUT2D eigenvalue weighted by atomic mass is 10.2. The van der Waals surface area contributed by atoms with Gasteiger partial charge in [0.15, 0.2) is 5.96 Å². The summed E-state index contributed by atoms with van der Waals surface area (Å²) in [5, 5.41) is 11.8. The van der Waals surface area contributed by atoms with Crippen molar-refractivity contribution in [3.05, 3.63) is 11.6 Å². The van der Waals surface area contributed by atoms with Gasteiger partial charge < -0.3 is 20.4 Å². The average molecular weight is 434 g/mol. The van der Waals surface area contributed by atoms with Gasteiger partial charge in [0.2, 0.25) is 0 Å². The van der Waals surface area contributed by atoms with Crippen molar-refractivity contribution in [3.8, 4) is 0 Å². The van der Waals surface area contributed by atoms with Gasteiger partial charge in [-0.2, -0.15) is 0 Å². The Bertz CT molecular complexity index is 512. The minimum absolute atomic E-state index is 0. The molecule has 3 N–H and O–H groups in total. The third-order valence-corrected chi connectivity index (χ3v) is 4.33. The van der Waals surface area contributed by atoms with E-state index in [1.165, 1.54) is 19.3 Å². The molecule has 0 aromatic carbocycles. The standard InChI is InChI=1S/C15H26N6O.HI/c16-15(18-11-12-5-4-10-22-12)17-8-7-14-20-19-13-6-2-1-3-9-21(13)14;/h12H,1-11H2,(H3,16,17,18);1H. The number of nitrogens with two attached hydrogens (primary N) is 1. The lowest BCUT2D eigenvalue weighted by Gasteiger charge is -2.09. The lowest BCUT2D eigenvalue weighted by Crippen LogP contribution is -2.34. The van der Waals surface area contributed by atoms with Gasteiger partial charge in [-0.15, -0.1) is 34.2 Å². The van der Waals surface area contributed by atoms with Gasteiger partial charge >= 0.3 is 0 Å². The summed E-state index contributed by atoms with van der Waals surface area (Å²) in [7, 11) is 0. The second-order valence-corrected chi connectivity index (χ2v) is 6.03. The number of rotatable bonds is 5. The number of hydrogen-bond acceptors (Lipinski definition) is 4. The van der Waals surface area contributed by atoms with Gasteiger partial charge in [-0.05, 0) is 25.7 Å². The van der Waals surface area contributed by atoms with Crippen LogP contribution in [0.4, 0.5) is 0 Å². The van der Waals surface area contributed by atoms with E-state index in [-0.39, 0.29) is 30.1 Å². The molecule has 2 aliphatic rings. The summed E-state index contributed by atoms with van der Waals surface area (Å²) in [5.74, 6) is 2.68. The van der Waals surface area contributed by atoms with Crippen LogP contribution in [0.3, 0.4) is 0 Å². The van der Waals surface area contributed by atoms with Crippen LogP contribution in [0.25, 0.3) is 0 Å². The van der Waals surface area contributed by atoms with E-state index in [9.17, 15) is 0 Å². The molecule has 0 radical (unpaired) electrons. The van der Waals surface area contributed by atoms with Crippen molar-refractivity contribution in [1.82, 2.24) is 20.1 Å². The number of fused-ring (bicyclic) bond motifs is 1. The molecule has 1 saturated heterocycles. The highest BCUT2D eigenvalue weighted by Gasteiger charge is 2.15. The van der Waals surface area contributed by atoms with Gasteiger partial charge in [-0.25, -0.2) is 0 Å². The first-order chi connectivity index (χ1) is 10.8. The van der Waals surface area contributed by atoms with Crippen molar-refractivity contribution in [1.29, 1.82) is 0 Å². The lowest BCUT2D eigenvalue weighted by molar-refractivity contribution is 0.118. The largest absolute Gasteiger partial charge is 0.376 e. The molecule has 1 atom stereocenters. The molecule has 0 spiro atoms. The molecule has 0 aliphatic carbocycles. The minimum atomic E-state index is 0. The van der Waals surface area contributed by atoms with Crippen molar-refractivity contribution in [2.24, 2.45) is 10.7 Å². The van der Waals surface area contributed by atoms with Crippen molar-refractivity contribution in [2.45, 2.75) is 57.6 Å². The number of ether oxygens (including phenoxy) is 1. The predicted octanol–water partition coefficient (Wildman–Crippen LogP) is 1.25. The predicted molar refractivity (Wildman–Crippen MR) is 100 cm³/mol. The Morgan fingerprint density at radius 1 is 1.30 bits per heavy atom. The normalized spacial score (nSPS) is 21.4. The number of nitrogens with one attached hydrogen (secondary N) is 1. The van der Waals surface area contributed by atoms with Crippen LogP contribution in [-0.4, -0.2) is 46.5 Å². The Kier molecular flexibility index (Phi) is 7.54. The molecular formula is C15H27IN6O. The first kappa shape index (κ1) is 18.4. The van der Waals surface area contributed by atoms with Crippen molar-refractivity contribution in [3.63, 3.8) is 0 Å². The number of hydrogen-bond donors (Lipinski definition) is 2. The summed E-state index contributed by atoms with van der Waals surface area (Å²) in [5.41, 5.74) is 5.89. The Morgan fingerprint density at radius 3 is 3.04 bits per heavy atom. The van der Waals surface area contributed by atoms with Crippen molar-refractivity contribution < 1.29 is 4.74 Å². The summed E-state index contributed by atoms with van der Waals surface area (Å²) in [6.07, 6.45) is 8.05. The zero-order chi connectivity index (χ0) is 15.2. The van der Waals surface area contributed by atoms with Crippen LogP contribution < -0.4 is 11.1 Å². The second kappa shape index (κ2) is 9.41. The molecule has 130 valence electrons. The fourth-order valence-corrected chi connectivity index (χ4v) is 3.08. The van der Waals surface area contributed by atoms with Gasteiger partial charge in [-0.1, -0.05) is 6.42 Å². The molecule has 0 bridgehead atoms. The summed E-state index contributed by atoms with van der Waals surface area (Å²) in [4.78, 5) is 4.34. The molecule has 1 fully saturated rings. The molecule has 1 unspecified atom stereocenters. The van der Waals surface area contributed by atoms with E-state index in [0.29, 0.717) is 12.5 Å². The van der Waals surface area contributed by atoms with E-state index in [4.69, 9.17) is 10.5 Å². The molecule has 0 saturated carbocycles. The Balaban J connectivity index is 0.00000192. The molecule has 23 heavy (non-hydrogen) atoms. The monoisotopic (exact) mass is 434 g/mol. The van der Waals surface area contributed by atoms with Gasteiger partial charge in [0.1, 0.15) is 11.6 Å². The van der Waals surface area contributed by atoms with E-state index in [1.54, 1.807) is 0 Å². The number of aliphatic imine (C=N–C) groups is 1. The van der Waals surface area contributed by atoms with Gasteiger partial charge in [0.25, 0.3) is 0 Å². The molecule has 0 amide bonds. The summed E-state index contributed by atoms with van der Waals surface area (Å²) in [6.45, 7) is 3.28. The third kappa shape index (κ3) is 5.30. The van der Waals surface area contributed by atoms with Crippen molar-refractivity contribution >= 4 is 29.9 Å². The van der Waals surface area contributed by atoms with E-state index in [0.717, 1.165) is 57.0 Å². The average Bonchev–Trinajstić information content (AvgIpc) is 3.11. The highest BCUT2D eigenvalue weighted by atomic mass is 127. The smallest absolute Gasteiger partial charge is 0.188 e. The molecule has 1 aromatic rings. The second-order valence-electron chi connectivity index (χ2n) is 6.03. The third-order valence-electron chi connectivity index (χ3n) is 4.33. The van der Waals surface area contributed by atoms with Gasteiger partial charge in [0.05, 0.1) is 12.6 Å². The van der Waals surface area contributed by atoms with Crippen molar-refractivity contribution in [2.75, 3.05) is 19.7 Å². The number of nitrogens with zero attached hydrogens (tertiary/aromatic N) is 4. The van der Waals surface area contributed by atoms with Crippen LogP contribution in [0.2, 0.25) is 0 Å². The molecule has 2 aliphatic heterocycles. The molecular weight excluding hydrogens is 407 g/mol. The SMILES string of the molecule is I.NC(=NCC1CCCO1)NCCc1nnc2n1CCCCC2. The van der Waals surface area contributed by atoms with Gasteiger partial charge in [0, 0.05) is 32.5 Å². The van der Waals surface area contributed by atoms with Crippen LogP contribution in [0.15, 0.2) is 4.99 Å². The number of halogens is 1. The highest BCUT2D eigenvalue weighted by Crippen LogP contribution is 2.14. The van der Waals surface area contributed by atoms with Crippen LogP contribution >= 0.6 is 24.0 Å². The number of aromatic nitrogens is 3. The molecule has 3 heterocycles. The number of aryl methyl sites for hydroxylation is 1. The summed E-state index contributed by atoms with van der Waals surface area (Å²) < 4.78 is 7.80. The van der Waals surface area contributed by atoms with Gasteiger partial charge in [-0.3, -0.25) is 4.99 Å². The van der Waals surface area contributed by atoms with Crippen LogP contribution in [0, 0.1) is 0 Å². The van der Waals surface area contributed by atoms with E-state index in [2.05, 4.69) is 25.1 Å². The fourth-order valence-electron chi connectivity index (χ4n) is 3.08. The maximum Gasteiger partial charge on any atom is 0.188 e. The molecule has 8 heteroatoms. The first-order valence-electron chi connectivity index (χ1n) is 8.39. The summed E-state index contributed by atoms with van der Waals surface area (Å²) >= 11 is 0. The quantitative estimate of drug-likeness (QED) is 0.414. The van der Waals surface area contributed by atoms with E-state index < -0.39 is 0 Å². The first-order valence-corrected chi connectivity index (χ1v) is 8.39. The molecule has 1 aromatic heterocycles.